The van der Waals surface area contributed by atoms with Crippen LogP contribution in [0.3, 0.4) is 0 Å². The summed E-state index contributed by atoms with van der Waals surface area (Å²) in [4.78, 5) is 21.5. The van der Waals surface area contributed by atoms with Crippen molar-refractivity contribution in [2.45, 2.75) is 17.6 Å². The van der Waals surface area contributed by atoms with Gasteiger partial charge < -0.3 is 4.90 Å². The van der Waals surface area contributed by atoms with Gasteiger partial charge in [0.25, 0.3) is 0 Å². The van der Waals surface area contributed by atoms with Gasteiger partial charge >= 0.3 is 6.18 Å². The molecule has 0 saturated heterocycles. The molecule has 2 aromatic heterocycles. The maximum atomic E-state index is 12.5. The minimum absolute atomic E-state index is 0.113. The van der Waals surface area contributed by atoms with Crippen LogP contribution in [0.2, 0.25) is 0 Å². The predicted octanol–water partition coefficient (Wildman–Crippen LogP) is 3.29. The lowest BCUT2D eigenvalue weighted by atomic mass is 10.2. The third-order valence-corrected chi connectivity index (χ3v) is 4.19. The van der Waals surface area contributed by atoms with E-state index in [2.05, 4.69) is 9.97 Å². The Bertz CT molecular complexity index is 663. The molecule has 0 aliphatic carbocycles. The number of nitrogens with zero attached hydrogens (tertiary/aromatic N) is 3. The van der Waals surface area contributed by atoms with Crippen LogP contribution < -0.4 is 0 Å². The summed E-state index contributed by atoms with van der Waals surface area (Å²) in [6.07, 6.45) is -1.29. The van der Waals surface area contributed by atoms with E-state index in [1.807, 2.05) is 18.2 Å². The molecule has 0 saturated carbocycles. The molecule has 24 heavy (non-hydrogen) atoms. The number of rotatable bonds is 6. The van der Waals surface area contributed by atoms with Gasteiger partial charge in [-0.05, 0) is 24.3 Å². The van der Waals surface area contributed by atoms with Crippen molar-refractivity contribution in [2.24, 2.45) is 0 Å². The molecule has 0 fully saturated rings. The Hall–Kier alpha value is -2.09. The highest BCUT2D eigenvalue weighted by atomic mass is 32.2. The summed E-state index contributed by atoms with van der Waals surface area (Å²) in [5.74, 6) is 0.00880. The number of carbonyl (C=O) groups excluding carboxylic acids is 1. The molecule has 0 aliphatic heterocycles. The normalized spacial score (nSPS) is 11.3. The van der Waals surface area contributed by atoms with Gasteiger partial charge in [0.05, 0.1) is 16.3 Å². The highest BCUT2D eigenvalue weighted by Gasteiger charge is 2.30. The van der Waals surface area contributed by atoms with E-state index in [0.29, 0.717) is 18.0 Å². The summed E-state index contributed by atoms with van der Waals surface area (Å²) in [7, 11) is 1.69. The topological polar surface area (TPSA) is 46.1 Å². The number of carbonyl (C=O) groups is 1. The van der Waals surface area contributed by atoms with Crippen LogP contribution in [0.15, 0.2) is 47.8 Å². The average Bonchev–Trinajstić information content (AvgIpc) is 2.58. The van der Waals surface area contributed by atoms with E-state index in [1.54, 1.807) is 18.1 Å². The Balaban J connectivity index is 1.79. The first-order valence-corrected chi connectivity index (χ1v) is 8.15. The van der Waals surface area contributed by atoms with Gasteiger partial charge in [-0.1, -0.05) is 17.8 Å². The fourth-order valence-corrected chi connectivity index (χ4v) is 2.62. The van der Waals surface area contributed by atoms with E-state index in [1.165, 1.54) is 6.07 Å². The van der Waals surface area contributed by atoms with E-state index in [9.17, 15) is 18.0 Å². The molecule has 0 unspecified atom stereocenters. The second-order valence-electron chi connectivity index (χ2n) is 5.06. The van der Waals surface area contributed by atoms with Crippen molar-refractivity contribution in [1.29, 1.82) is 0 Å². The van der Waals surface area contributed by atoms with E-state index in [4.69, 9.17) is 0 Å². The number of aromatic nitrogens is 2. The highest BCUT2D eigenvalue weighted by molar-refractivity contribution is 7.99. The van der Waals surface area contributed by atoms with Crippen LogP contribution in [-0.2, 0) is 17.4 Å². The van der Waals surface area contributed by atoms with Gasteiger partial charge in [0.1, 0.15) is 0 Å². The Labute approximate surface area is 142 Å². The van der Waals surface area contributed by atoms with E-state index >= 15 is 0 Å². The number of likely N-dealkylation sites (N-methyl/N-ethyl adjacent to an activating group) is 1. The molecule has 0 radical (unpaired) electrons. The second-order valence-corrected chi connectivity index (χ2v) is 6.05. The maximum absolute atomic E-state index is 12.5. The lowest BCUT2D eigenvalue weighted by Crippen LogP contribution is -2.30. The minimum Gasteiger partial charge on any atom is -0.345 e. The Morgan fingerprint density at radius 1 is 1.21 bits per heavy atom. The van der Waals surface area contributed by atoms with Gasteiger partial charge in [-0.2, -0.15) is 13.2 Å². The molecule has 128 valence electrons. The molecule has 0 bridgehead atoms. The molecule has 2 heterocycles. The van der Waals surface area contributed by atoms with Crippen molar-refractivity contribution in [2.75, 3.05) is 19.3 Å². The molecule has 2 aromatic rings. The van der Waals surface area contributed by atoms with Crippen molar-refractivity contribution in [1.82, 2.24) is 14.9 Å². The number of amides is 1. The lowest BCUT2D eigenvalue weighted by molar-refractivity contribution is -0.138. The molecule has 0 N–H and O–H groups in total. The van der Waals surface area contributed by atoms with Gasteiger partial charge in [0.15, 0.2) is 0 Å². The molecular weight excluding hydrogens is 339 g/mol. The van der Waals surface area contributed by atoms with E-state index in [0.717, 1.165) is 29.7 Å². The van der Waals surface area contributed by atoms with Crippen molar-refractivity contribution < 1.29 is 18.0 Å². The molecule has 0 aliphatic rings. The number of thioether (sulfide) groups is 1. The third kappa shape index (κ3) is 5.52. The van der Waals surface area contributed by atoms with Crippen LogP contribution in [0.4, 0.5) is 13.2 Å². The van der Waals surface area contributed by atoms with Crippen molar-refractivity contribution in [3.05, 3.63) is 54.0 Å². The SMILES string of the molecule is CN(CCc1ccccn1)C(=O)CSc1ccc(C(F)(F)F)cn1. The van der Waals surface area contributed by atoms with Crippen LogP contribution >= 0.6 is 11.8 Å². The minimum atomic E-state index is -4.41. The van der Waals surface area contributed by atoms with E-state index < -0.39 is 11.7 Å². The first kappa shape index (κ1) is 18.3. The quantitative estimate of drug-likeness (QED) is 0.746. The number of halogens is 3. The Morgan fingerprint density at radius 3 is 2.58 bits per heavy atom. The van der Waals surface area contributed by atoms with Crippen LogP contribution in [0.1, 0.15) is 11.3 Å². The van der Waals surface area contributed by atoms with Gasteiger partial charge in [0.2, 0.25) is 5.91 Å². The number of hydrogen-bond acceptors (Lipinski definition) is 4. The zero-order valence-electron chi connectivity index (χ0n) is 13.0. The van der Waals surface area contributed by atoms with Crippen LogP contribution in [-0.4, -0.2) is 40.1 Å². The summed E-state index contributed by atoms with van der Waals surface area (Å²) >= 11 is 1.11. The molecule has 8 heteroatoms. The van der Waals surface area contributed by atoms with Crippen molar-refractivity contribution in [3.63, 3.8) is 0 Å². The van der Waals surface area contributed by atoms with E-state index in [-0.39, 0.29) is 11.7 Å². The zero-order chi connectivity index (χ0) is 17.6. The zero-order valence-corrected chi connectivity index (χ0v) is 13.8. The smallest absolute Gasteiger partial charge is 0.345 e. The summed E-state index contributed by atoms with van der Waals surface area (Å²) in [6, 6.07) is 7.83. The fourth-order valence-electron chi connectivity index (χ4n) is 1.83. The molecule has 4 nitrogen and oxygen atoms in total. The number of alkyl halides is 3. The monoisotopic (exact) mass is 355 g/mol. The molecular formula is C16H16F3N3OS. The van der Waals surface area contributed by atoms with Gasteiger partial charge in [-0.15, -0.1) is 0 Å². The molecule has 1 amide bonds. The van der Waals surface area contributed by atoms with Crippen LogP contribution in [0, 0.1) is 0 Å². The van der Waals surface area contributed by atoms with Gasteiger partial charge in [-0.25, -0.2) is 4.98 Å². The second kappa shape index (κ2) is 8.14. The van der Waals surface area contributed by atoms with Gasteiger partial charge in [-0.3, -0.25) is 9.78 Å². The van der Waals surface area contributed by atoms with Crippen LogP contribution in [0.5, 0.6) is 0 Å². The fraction of sp³-hybridized carbons (Fsp3) is 0.312. The standard InChI is InChI=1S/C16H16F3N3OS/c1-22(9-7-13-4-2-3-8-20-13)15(23)11-24-14-6-5-12(10-21-14)16(17,18)19/h2-6,8,10H,7,9,11H2,1H3. The third-order valence-electron chi connectivity index (χ3n) is 3.26. The molecule has 2 rings (SSSR count). The number of hydrogen-bond donors (Lipinski definition) is 0. The molecule has 0 atom stereocenters. The Kier molecular flexibility index (Phi) is 6.19. The summed E-state index contributed by atoms with van der Waals surface area (Å²) in [6.45, 7) is 0.525. The van der Waals surface area contributed by atoms with Crippen molar-refractivity contribution in [3.8, 4) is 0 Å². The lowest BCUT2D eigenvalue weighted by Gasteiger charge is -2.16. The van der Waals surface area contributed by atoms with Gasteiger partial charge in [0, 0.05) is 38.1 Å². The predicted molar refractivity (Wildman–Crippen MR) is 85.5 cm³/mol. The van der Waals surface area contributed by atoms with Crippen LogP contribution in [0.25, 0.3) is 0 Å². The highest BCUT2D eigenvalue weighted by Crippen LogP contribution is 2.29. The summed E-state index contributed by atoms with van der Waals surface area (Å²) in [5.41, 5.74) is 0.0971. The first-order valence-electron chi connectivity index (χ1n) is 7.16. The maximum Gasteiger partial charge on any atom is 0.417 e. The Morgan fingerprint density at radius 2 is 2.00 bits per heavy atom. The van der Waals surface area contributed by atoms with Crippen molar-refractivity contribution >= 4 is 17.7 Å². The summed E-state index contributed by atoms with van der Waals surface area (Å²) in [5, 5.41) is 0.384. The average molecular weight is 355 g/mol. The molecule has 0 spiro atoms. The summed E-state index contributed by atoms with van der Waals surface area (Å²) < 4.78 is 37.4. The largest absolute Gasteiger partial charge is 0.417 e. The first-order chi connectivity index (χ1) is 11.4. The molecule has 0 aromatic carbocycles. The number of pyridine rings is 2.